The Bertz CT molecular complexity index is 1610. The van der Waals surface area contributed by atoms with Gasteiger partial charge in [-0.25, -0.2) is 4.99 Å². The number of carbonyl (C=O) groups is 1. The lowest BCUT2D eigenvalue weighted by Gasteiger charge is -2.11. The fourth-order valence-corrected chi connectivity index (χ4v) is 4.45. The van der Waals surface area contributed by atoms with E-state index in [0.717, 1.165) is 23.1 Å². The molecule has 33 heavy (non-hydrogen) atoms. The number of phenols is 1. The van der Waals surface area contributed by atoms with Gasteiger partial charge in [0.2, 0.25) is 0 Å². The SMILES string of the molecule is O=C1C=CC2=NC3=CC=CCC3=COC2=C1.Oc1ccc2ccc3cccc4ccc1c2c34. The van der Waals surface area contributed by atoms with Crippen molar-refractivity contribution >= 4 is 43.8 Å². The van der Waals surface area contributed by atoms with E-state index in [1.54, 1.807) is 18.4 Å². The minimum atomic E-state index is -0.0654. The summed E-state index contributed by atoms with van der Waals surface area (Å²) in [7, 11) is 0. The van der Waals surface area contributed by atoms with Crippen molar-refractivity contribution in [2.24, 2.45) is 4.99 Å². The van der Waals surface area contributed by atoms with E-state index in [0.29, 0.717) is 17.2 Å². The van der Waals surface area contributed by atoms with Gasteiger partial charge in [0.15, 0.2) is 11.5 Å². The third kappa shape index (κ3) is 3.33. The van der Waals surface area contributed by atoms with Gasteiger partial charge in [-0.3, -0.25) is 4.79 Å². The molecule has 2 aliphatic carbocycles. The fourth-order valence-electron chi connectivity index (χ4n) is 4.45. The van der Waals surface area contributed by atoms with E-state index in [2.05, 4.69) is 41.4 Å². The second-order valence-electron chi connectivity index (χ2n) is 8.13. The number of hydrogen-bond donors (Lipinski definition) is 1. The molecule has 0 unspecified atom stereocenters. The second-order valence-corrected chi connectivity index (χ2v) is 8.13. The molecule has 4 aromatic carbocycles. The third-order valence-corrected chi connectivity index (χ3v) is 6.06. The molecule has 0 aromatic heterocycles. The summed E-state index contributed by atoms with van der Waals surface area (Å²) in [5.74, 6) is 0.815. The van der Waals surface area contributed by atoms with E-state index >= 15 is 0 Å². The molecule has 4 aromatic rings. The van der Waals surface area contributed by atoms with Crippen molar-refractivity contribution in [2.75, 3.05) is 0 Å². The molecule has 0 radical (unpaired) electrons. The van der Waals surface area contributed by atoms with Gasteiger partial charge in [0.05, 0.1) is 12.0 Å². The molecule has 0 saturated heterocycles. The highest BCUT2D eigenvalue weighted by atomic mass is 16.5. The molecule has 0 spiro atoms. The van der Waals surface area contributed by atoms with E-state index in [9.17, 15) is 9.90 Å². The number of hydrogen-bond acceptors (Lipinski definition) is 4. The quantitative estimate of drug-likeness (QED) is 0.256. The number of phenolic OH excluding ortho intramolecular Hbond substituents is 1. The molecule has 4 heteroatoms. The van der Waals surface area contributed by atoms with Crippen molar-refractivity contribution in [3.63, 3.8) is 0 Å². The molecule has 7 rings (SSSR count). The van der Waals surface area contributed by atoms with Crippen molar-refractivity contribution < 1.29 is 14.6 Å². The number of aromatic hydroxyl groups is 1. The molecule has 1 heterocycles. The number of allylic oxidation sites excluding steroid dienone is 7. The summed E-state index contributed by atoms with van der Waals surface area (Å²) >= 11 is 0. The van der Waals surface area contributed by atoms with Gasteiger partial charge in [-0.15, -0.1) is 0 Å². The summed E-state index contributed by atoms with van der Waals surface area (Å²) in [6, 6.07) is 18.4. The van der Waals surface area contributed by atoms with Crippen LogP contribution in [0.25, 0.3) is 32.3 Å². The van der Waals surface area contributed by atoms with Crippen molar-refractivity contribution in [1.29, 1.82) is 0 Å². The molecule has 1 N–H and O–H groups in total. The minimum absolute atomic E-state index is 0.0654. The first-order valence-corrected chi connectivity index (χ1v) is 10.8. The van der Waals surface area contributed by atoms with Crippen LogP contribution in [0.5, 0.6) is 5.75 Å². The Balaban J connectivity index is 0.000000125. The van der Waals surface area contributed by atoms with Crippen LogP contribution < -0.4 is 0 Å². The van der Waals surface area contributed by atoms with Gasteiger partial charge in [-0.1, -0.05) is 60.7 Å². The zero-order chi connectivity index (χ0) is 22.4. The van der Waals surface area contributed by atoms with Crippen molar-refractivity contribution in [1.82, 2.24) is 0 Å². The summed E-state index contributed by atoms with van der Waals surface area (Å²) in [6.07, 6.45) is 13.1. The van der Waals surface area contributed by atoms with Gasteiger partial charge in [-0.05, 0) is 52.3 Å². The van der Waals surface area contributed by atoms with Crippen LogP contribution in [0.1, 0.15) is 6.42 Å². The molecule has 0 fully saturated rings. The van der Waals surface area contributed by atoms with Crippen LogP contribution in [0.4, 0.5) is 0 Å². The van der Waals surface area contributed by atoms with Gasteiger partial charge in [0.25, 0.3) is 0 Å². The number of carbonyl (C=O) groups excluding carboxylic acids is 1. The highest BCUT2D eigenvalue weighted by Crippen LogP contribution is 2.37. The predicted octanol–water partition coefficient (Wildman–Crippen LogP) is 6.50. The average Bonchev–Trinajstić information content (AvgIpc) is 3.03. The van der Waals surface area contributed by atoms with Gasteiger partial charge in [0.1, 0.15) is 11.5 Å². The largest absolute Gasteiger partial charge is 0.507 e. The number of rotatable bonds is 0. The predicted molar refractivity (Wildman–Crippen MR) is 132 cm³/mol. The average molecular weight is 429 g/mol. The van der Waals surface area contributed by atoms with Gasteiger partial charge in [-0.2, -0.15) is 0 Å². The smallest absolute Gasteiger partial charge is 0.182 e. The normalized spacial score (nSPS) is 16.7. The summed E-state index contributed by atoms with van der Waals surface area (Å²) in [6.45, 7) is 0. The number of ether oxygens (including phenoxy) is 1. The maximum Gasteiger partial charge on any atom is 0.182 e. The maximum atomic E-state index is 11.2. The first-order chi connectivity index (χ1) is 16.2. The zero-order valence-corrected chi connectivity index (χ0v) is 17.7. The van der Waals surface area contributed by atoms with Crippen LogP contribution in [0, 0.1) is 0 Å². The standard InChI is InChI=1S/C16H10O.C13H9NO2/c17-14-9-7-12-5-4-10-2-1-3-11-6-8-13(14)16(12)15(10)11;15-10-5-6-12-13(7-10)16-8-9-3-1-2-4-11(9)14-12/h1-9,17H;1-2,4-8H,3H2. The second kappa shape index (κ2) is 7.61. The lowest BCUT2D eigenvalue weighted by Crippen LogP contribution is -2.08. The lowest BCUT2D eigenvalue weighted by molar-refractivity contribution is -0.110. The molecular formula is C29H19NO3. The van der Waals surface area contributed by atoms with Crippen molar-refractivity contribution in [2.45, 2.75) is 6.42 Å². The third-order valence-electron chi connectivity index (χ3n) is 6.06. The molecule has 0 amide bonds. The summed E-state index contributed by atoms with van der Waals surface area (Å²) in [5.41, 5.74) is 2.64. The molecule has 0 atom stereocenters. The van der Waals surface area contributed by atoms with Crippen LogP contribution in [-0.4, -0.2) is 16.6 Å². The highest BCUT2D eigenvalue weighted by molar-refractivity contribution is 6.24. The van der Waals surface area contributed by atoms with Gasteiger partial charge < -0.3 is 9.84 Å². The minimum Gasteiger partial charge on any atom is -0.507 e. The molecule has 158 valence electrons. The first-order valence-electron chi connectivity index (χ1n) is 10.8. The van der Waals surface area contributed by atoms with Crippen LogP contribution in [-0.2, 0) is 9.53 Å². The Kier molecular flexibility index (Phi) is 4.44. The van der Waals surface area contributed by atoms with E-state index in [1.165, 1.54) is 39.1 Å². The Hall–Kier alpha value is -4.44. The number of nitrogens with zero attached hydrogens (tertiary/aromatic N) is 1. The molecular weight excluding hydrogens is 410 g/mol. The monoisotopic (exact) mass is 429 g/mol. The zero-order valence-electron chi connectivity index (χ0n) is 17.7. The highest BCUT2D eigenvalue weighted by Gasteiger charge is 2.18. The molecule has 3 aliphatic rings. The molecule has 0 bridgehead atoms. The topological polar surface area (TPSA) is 58.9 Å². The summed E-state index contributed by atoms with van der Waals surface area (Å²) in [4.78, 5) is 15.7. The van der Waals surface area contributed by atoms with Crippen molar-refractivity contribution in [3.05, 3.63) is 114 Å². The van der Waals surface area contributed by atoms with Gasteiger partial charge in [0, 0.05) is 22.4 Å². The van der Waals surface area contributed by atoms with E-state index in [4.69, 9.17) is 4.74 Å². The maximum absolute atomic E-state index is 11.2. The number of aliphatic imine (C=N–C) groups is 1. The molecule has 0 saturated carbocycles. The Morgan fingerprint density at radius 3 is 2.48 bits per heavy atom. The van der Waals surface area contributed by atoms with Crippen LogP contribution >= 0.6 is 0 Å². The lowest BCUT2D eigenvalue weighted by atomic mass is 9.94. The van der Waals surface area contributed by atoms with E-state index in [1.807, 2.05) is 30.4 Å². The fraction of sp³-hybridized carbons (Fsp3) is 0.0345. The van der Waals surface area contributed by atoms with Crippen LogP contribution in [0.3, 0.4) is 0 Å². The first kappa shape index (κ1) is 19.3. The van der Waals surface area contributed by atoms with Crippen LogP contribution in [0.15, 0.2) is 119 Å². The van der Waals surface area contributed by atoms with E-state index in [-0.39, 0.29) is 5.78 Å². The Labute approximate surface area is 190 Å². The summed E-state index contributed by atoms with van der Waals surface area (Å²) in [5, 5.41) is 16.9. The molecule has 4 nitrogen and oxygen atoms in total. The Morgan fingerprint density at radius 2 is 1.64 bits per heavy atom. The van der Waals surface area contributed by atoms with Crippen molar-refractivity contribution in [3.8, 4) is 5.75 Å². The number of benzene rings is 4. The summed E-state index contributed by atoms with van der Waals surface area (Å²) < 4.78 is 5.47. The van der Waals surface area contributed by atoms with E-state index < -0.39 is 0 Å². The number of fused-ring (bicyclic) bond motifs is 2. The number of ketones is 1. The van der Waals surface area contributed by atoms with Crippen LogP contribution in [0.2, 0.25) is 0 Å². The molecule has 1 aliphatic heterocycles. The van der Waals surface area contributed by atoms with Gasteiger partial charge >= 0.3 is 0 Å². The Morgan fingerprint density at radius 1 is 0.879 bits per heavy atom.